The van der Waals surface area contributed by atoms with Crippen LogP contribution in [0.15, 0.2) is 53.8 Å². The molecule has 0 saturated heterocycles. The molecule has 2 aromatic heterocycles. The number of thioether (sulfide) groups is 1. The third kappa shape index (κ3) is 4.44. The summed E-state index contributed by atoms with van der Waals surface area (Å²) >= 11 is 2.70. The quantitative estimate of drug-likeness (QED) is 0.315. The highest BCUT2D eigenvalue weighted by Crippen LogP contribution is 2.37. The van der Waals surface area contributed by atoms with E-state index >= 15 is 0 Å². The van der Waals surface area contributed by atoms with Crippen molar-refractivity contribution < 1.29 is 19.0 Å². The number of methoxy groups -OCH3 is 1. The number of carbonyl (C=O) groups excluding carboxylic acids is 1. The summed E-state index contributed by atoms with van der Waals surface area (Å²) in [5.74, 6) is 1.96. The smallest absolute Gasteiger partial charge is 0.237 e. The molecule has 0 bridgehead atoms. The van der Waals surface area contributed by atoms with E-state index in [1.807, 2.05) is 31.2 Å². The predicted octanol–water partition coefficient (Wildman–Crippen LogP) is 4.65. The van der Waals surface area contributed by atoms with Crippen LogP contribution in [0.1, 0.15) is 6.92 Å². The molecule has 1 unspecified atom stereocenters. The average molecular weight is 481 g/mol. The number of ether oxygens (including phenoxy) is 3. The number of hydrogen-bond acceptors (Lipinski definition) is 9. The molecule has 4 aromatic rings. The normalized spacial score (nSPS) is 13.5. The van der Waals surface area contributed by atoms with Crippen molar-refractivity contribution in [2.24, 2.45) is 0 Å². The van der Waals surface area contributed by atoms with Crippen LogP contribution < -0.4 is 19.5 Å². The Labute approximate surface area is 198 Å². The molecule has 2 aromatic carbocycles. The fourth-order valence-corrected chi connectivity index (χ4v) is 5.16. The van der Waals surface area contributed by atoms with Crippen molar-refractivity contribution in [3.63, 3.8) is 0 Å². The summed E-state index contributed by atoms with van der Waals surface area (Å²) in [5, 5.41) is 3.28. The molecule has 0 aliphatic carbocycles. The lowest BCUT2D eigenvalue weighted by atomic mass is 10.1. The molecular weight excluding hydrogens is 460 g/mol. The van der Waals surface area contributed by atoms with Gasteiger partial charge in [-0.15, -0.1) is 0 Å². The molecule has 8 nitrogen and oxygen atoms in total. The lowest BCUT2D eigenvalue weighted by Crippen LogP contribution is -2.23. The van der Waals surface area contributed by atoms with Gasteiger partial charge >= 0.3 is 0 Å². The van der Waals surface area contributed by atoms with Gasteiger partial charge < -0.3 is 19.5 Å². The third-order valence-corrected chi connectivity index (χ3v) is 7.13. The van der Waals surface area contributed by atoms with Gasteiger partial charge in [0, 0.05) is 17.3 Å². The van der Waals surface area contributed by atoms with Crippen LogP contribution in [0.2, 0.25) is 0 Å². The Morgan fingerprint density at radius 1 is 1.12 bits per heavy atom. The molecule has 1 aliphatic rings. The first-order chi connectivity index (χ1) is 16.1. The van der Waals surface area contributed by atoms with Gasteiger partial charge in [-0.1, -0.05) is 11.8 Å². The van der Waals surface area contributed by atoms with Crippen molar-refractivity contribution in [2.75, 3.05) is 25.6 Å². The van der Waals surface area contributed by atoms with Gasteiger partial charge in [0.15, 0.2) is 11.5 Å². The van der Waals surface area contributed by atoms with Crippen molar-refractivity contribution in [3.8, 4) is 28.5 Å². The summed E-state index contributed by atoms with van der Waals surface area (Å²) in [5.41, 5.74) is 3.16. The van der Waals surface area contributed by atoms with Crippen LogP contribution in [0.4, 0.5) is 5.69 Å². The summed E-state index contributed by atoms with van der Waals surface area (Å²) in [4.78, 5) is 21.7. The summed E-state index contributed by atoms with van der Waals surface area (Å²) in [6.45, 7) is 2.86. The van der Waals surface area contributed by atoms with Gasteiger partial charge in [0.2, 0.25) is 5.91 Å². The maximum atomic E-state index is 12.8. The molecule has 1 atom stereocenters. The van der Waals surface area contributed by atoms with Gasteiger partial charge in [0.05, 0.1) is 12.4 Å². The second kappa shape index (κ2) is 9.24. The number of hydrogen-bond donors (Lipinski definition) is 1. The SMILES string of the molecule is COc1ccc(-c2nsc3c(SC(C)C(=O)Nc4ccc5c(c4)OCCO5)ncnc23)cc1. The highest BCUT2D eigenvalue weighted by atomic mass is 32.2. The molecule has 1 amide bonds. The Morgan fingerprint density at radius 3 is 2.70 bits per heavy atom. The predicted molar refractivity (Wildman–Crippen MR) is 129 cm³/mol. The van der Waals surface area contributed by atoms with Crippen LogP contribution in [0.25, 0.3) is 21.5 Å². The van der Waals surface area contributed by atoms with E-state index in [9.17, 15) is 4.79 Å². The Bertz CT molecular complexity index is 1310. The molecule has 5 rings (SSSR count). The average Bonchev–Trinajstić information content (AvgIpc) is 3.29. The summed E-state index contributed by atoms with van der Waals surface area (Å²) in [6, 6.07) is 13.1. The van der Waals surface area contributed by atoms with Crippen molar-refractivity contribution >= 4 is 45.1 Å². The Morgan fingerprint density at radius 2 is 1.91 bits per heavy atom. The van der Waals surface area contributed by atoms with E-state index in [1.165, 1.54) is 29.6 Å². The number of rotatable bonds is 6. The fraction of sp³-hybridized carbons (Fsp3) is 0.217. The molecule has 0 fully saturated rings. The van der Waals surface area contributed by atoms with Crippen LogP contribution in [0.5, 0.6) is 17.2 Å². The highest BCUT2D eigenvalue weighted by Gasteiger charge is 2.21. The summed E-state index contributed by atoms with van der Waals surface area (Å²) < 4.78 is 21.8. The topological polar surface area (TPSA) is 95.5 Å². The van der Waals surface area contributed by atoms with Gasteiger partial charge in [-0.25, -0.2) is 9.97 Å². The van der Waals surface area contributed by atoms with Gasteiger partial charge in [-0.3, -0.25) is 4.79 Å². The largest absolute Gasteiger partial charge is 0.497 e. The molecule has 33 heavy (non-hydrogen) atoms. The van der Waals surface area contributed by atoms with Crippen molar-refractivity contribution in [2.45, 2.75) is 17.2 Å². The minimum absolute atomic E-state index is 0.136. The molecule has 0 radical (unpaired) electrons. The van der Waals surface area contributed by atoms with E-state index < -0.39 is 0 Å². The Hall–Kier alpha value is -3.37. The van der Waals surface area contributed by atoms with Crippen molar-refractivity contribution in [1.29, 1.82) is 0 Å². The minimum atomic E-state index is -0.386. The van der Waals surface area contributed by atoms with Crippen LogP contribution >= 0.6 is 23.3 Å². The fourth-order valence-electron chi connectivity index (χ4n) is 3.35. The summed E-state index contributed by atoms with van der Waals surface area (Å²) in [7, 11) is 1.63. The lowest BCUT2D eigenvalue weighted by molar-refractivity contribution is -0.115. The van der Waals surface area contributed by atoms with Gasteiger partial charge in [-0.2, -0.15) is 4.37 Å². The Balaban J connectivity index is 1.33. The third-order valence-electron chi connectivity index (χ3n) is 5.05. The minimum Gasteiger partial charge on any atom is -0.497 e. The first kappa shape index (κ1) is 21.5. The molecule has 168 valence electrons. The first-order valence-electron chi connectivity index (χ1n) is 10.2. The monoisotopic (exact) mass is 480 g/mol. The highest BCUT2D eigenvalue weighted by molar-refractivity contribution is 8.00. The van der Waals surface area contributed by atoms with E-state index in [4.69, 9.17) is 14.2 Å². The first-order valence-corrected chi connectivity index (χ1v) is 11.9. The summed E-state index contributed by atoms with van der Waals surface area (Å²) in [6.07, 6.45) is 1.51. The number of amides is 1. The van der Waals surface area contributed by atoms with E-state index in [-0.39, 0.29) is 11.2 Å². The standard InChI is InChI=1S/C23H20N4O4S2/c1-13(22(28)26-15-5-8-17-18(11-15)31-10-9-30-17)32-23-21-20(24-12-25-23)19(27-33-21)14-3-6-16(29-2)7-4-14/h3-8,11-13H,9-10H2,1-2H3,(H,26,28). The van der Waals surface area contributed by atoms with Crippen LogP contribution in [0.3, 0.4) is 0 Å². The van der Waals surface area contributed by atoms with Crippen LogP contribution in [0, 0.1) is 0 Å². The second-order valence-electron chi connectivity index (χ2n) is 7.22. The van der Waals surface area contributed by atoms with E-state index in [2.05, 4.69) is 19.7 Å². The van der Waals surface area contributed by atoms with E-state index in [1.54, 1.807) is 25.3 Å². The molecule has 1 aliphatic heterocycles. The number of nitrogens with one attached hydrogen (secondary N) is 1. The number of fused-ring (bicyclic) bond motifs is 2. The maximum Gasteiger partial charge on any atom is 0.237 e. The Kier molecular flexibility index (Phi) is 6.01. The zero-order chi connectivity index (χ0) is 22.8. The van der Waals surface area contributed by atoms with Crippen molar-refractivity contribution in [1.82, 2.24) is 14.3 Å². The van der Waals surface area contributed by atoms with Gasteiger partial charge in [-0.05, 0) is 54.9 Å². The van der Waals surface area contributed by atoms with Crippen LogP contribution in [-0.4, -0.2) is 45.8 Å². The molecule has 1 N–H and O–H groups in total. The number of nitrogens with zero attached hydrogens (tertiary/aromatic N) is 3. The van der Waals surface area contributed by atoms with E-state index in [0.29, 0.717) is 30.4 Å². The van der Waals surface area contributed by atoms with Gasteiger partial charge in [0.25, 0.3) is 0 Å². The zero-order valence-corrected chi connectivity index (χ0v) is 19.5. The molecule has 0 saturated carbocycles. The number of aromatic nitrogens is 3. The zero-order valence-electron chi connectivity index (χ0n) is 17.9. The molecule has 3 heterocycles. The number of benzene rings is 2. The van der Waals surface area contributed by atoms with Crippen molar-refractivity contribution in [3.05, 3.63) is 48.8 Å². The molecule has 0 spiro atoms. The second-order valence-corrected chi connectivity index (χ2v) is 9.33. The number of anilines is 1. The molecular formula is C23H20N4O4S2. The van der Waals surface area contributed by atoms with E-state index in [0.717, 1.165) is 32.2 Å². The van der Waals surface area contributed by atoms with Gasteiger partial charge in [0.1, 0.15) is 46.2 Å². The maximum absolute atomic E-state index is 12.8. The molecule has 10 heteroatoms. The number of carbonyl (C=O) groups is 1. The van der Waals surface area contributed by atoms with Crippen LogP contribution in [-0.2, 0) is 4.79 Å². The lowest BCUT2D eigenvalue weighted by Gasteiger charge is -2.19.